The maximum Gasteiger partial charge on any atom is 0.145 e. The molecular weight excluding hydrogens is 284 g/mol. The van der Waals surface area contributed by atoms with Gasteiger partial charge < -0.3 is 10.1 Å². The van der Waals surface area contributed by atoms with E-state index in [1.807, 2.05) is 44.2 Å². The van der Waals surface area contributed by atoms with Crippen molar-refractivity contribution >= 4 is 11.6 Å². The molecule has 3 nitrogen and oxygen atoms in total. The Morgan fingerprint density at radius 1 is 1.19 bits per heavy atom. The average Bonchev–Trinajstić information content (AvgIpc) is 2.48. The van der Waals surface area contributed by atoms with Gasteiger partial charge in [-0.2, -0.15) is 5.26 Å². The largest absolute Gasteiger partial charge is 0.456 e. The van der Waals surface area contributed by atoms with Crippen molar-refractivity contribution in [2.24, 2.45) is 0 Å². The fraction of sp³-hybridized carbons (Fsp3) is 0.235. The van der Waals surface area contributed by atoms with Gasteiger partial charge in [0.1, 0.15) is 17.6 Å². The van der Waals surface area contributed by atoms with E-state index in [0.717, 1.165) is 24.2 Å². The summed E-state index contributed by atoms with van der Waals surface area (Å²) in [4.78, 5) is 0. The molecule has 0 fully saturated rings. The topological polar surface area (TPSA) is 45.0 Å². The van der Waals surface area contributed by atoms with Crippen molar-refractivity contribution in [3.05, 3.63) is 58.1 Å². The zero-order valence-electron chi connectivity index (χ0n) is 12.1. The summed E-state index contributed by atoms with van der Waals surface area (Å²) in [5.41, 5.74) is 2.52. The van der Waals surface area contributed by atoms with Crippen LogP contribution in [-0.4, -0.2) is 6.54 Å². The minimum absolute atomic E-state index is 0.528. The molecular formula is C17H17ClN2O. The van der Waals surface area contributed by atoms with Gasteiger partial charge in [0.05, 0.1) is 5.56 Å². The Balaban J connectivity index is 2.25. The lowest BCUT2D eigenvalue weighted by Crippen LogP contribution is -2.11. The summed E-state index contributed by atoms with van der Waals surface area (Å²) >= 11 is 5.93. The first-order valence-corrected chi connectivity index (χ1v) is 7.19. The SMILES string of the molecule is CCNCc1ccc(Oc2ccc(Cl)cc2C)c(C#N)c1. The predicted molar refractivity (Wildman–Crippen MR) is 84.8 cm³/mol. The minimum atomic E-state index is 0.528. The van der Waals surface area contributed by atoms with Gasteiger partial charge in [-0.15, -0.1) is 0 Å². The zero-order chi connectivity index (χ0) is 15.2. The molecule has 4 heteroatoms. The van der Waals surface area contributed by atoms with Crippen molar-refractivity contribution in [3.63, 3.8) is 0 Å². The average molecular weight is 301 g/mol. The summed E-state index contributed by atoms with van der Waals surface area (Å²) < 4.78 is 5.84. The van der Waals surface area contributed by atoms with E-state index in [9.17, 15) is 5.26 Å². The van der Waals surface area contributed by atoms with Gasteiger partial charge in [-0.25, -0.2) is 0 Å². The van der Waals surface area contributed by atoms with Crippen LogP contribution >= 0.6 is 11.6 Å². The van der Waals surface area contributed by atoms with Gasteiger partial charge in [-0.05, 0) is 54.9 Å². The zero-order valence-corrected chi connectivity index (χ0v) is 12.9. The van der Waals surface area contributed by atoms with E-state index in [2.05, 4.69) is 11.4 Å². The molecule has 1 N–H and O–H groups in total. The highest BCUT2D eigenvalue weighted by molar-refractivity contribution is 6.30. The van der Waals surface area contributed by atoms with Crippen LogP contribution < -0.4 is 10.1 Å². The highest BCUT2D eigenvalue weighted by Crippen LogP contribution is 2.29. The van der Waals surface area contributed by atoms with E-state index in [0.29, 0.717) is 22.1 Å². The van der Waals surface area contributed by atoms with Gasteiger partial charge in [0.2, 0.25) is 0 Å². The van der Waals surface area contributed by atoms with Gasteiger partial charge in [-0.3, -0.25) is 0 Å². The van der Waals surface area contributed by atoms with Crippen LogP contribution in [0.2, 0.25) is 5.02 Å². The Kier molecular flexibility index (Phi) is 5.21. The molecule has 2 rings (SSSR count). The third kappa shape index (κ3) is 3.98. The maximum absolute atomic E-state index is 9.29. The Bertz CT molecular complexity index is 677. The van der Waals surface area contributed by atoms with E-state index < -0.39 is 0 Å². The number of hydrogen-bond acceptors (Lipinski definition) is 3. The lowest BCUT2D eigenvalue weighted by atomic mass is 10.1. The maximum atomic E-state index is 9.29. The van der Waals surface area contributed by atoms with E-state index in [1.165, 1.54) is 0 Å². The Hall–Kier alpha value is -2.02. The quantitative estimate of drug-likeness (QED) is 0.889. The van der Waals surface area contributed by atoms with Gasteiger partial charge in [0.15, 0.2) is 0 Å². The van der Waals surface area contributed by atoms with Gasteiger partial charge in [-0.1, -0.05) is 24.6 Å². The number of nitrogens with zero attached hydrogens (tertiary/aromatic N) is 1. The van der Waals surface area contributed by atoms with Crippen LogP contribution in [0, 0.1) is 18.3 Å². The molecule has 0 aliphatic heterocycles. The molecule has 0 radical (unpaired) electrons. The molecule has 0 saturated carbocycles. The van der Waals surface area contributed by atoms with Crippen molar-refractivity contribution in [1.29, 1.82) is 5.26 Å². The monoisotopic (exact) mass is 300 g/mol. The number of ether oxygens (including phenoxy) is 1. The van der Waals surface area contributed by atoms with Crippen molar-refractivity contribution in [2.45, 2.75) is 20.4 Å². The number of nitriles is 1. The number of rotatable bonds is 5. The first-order valence-electron chi connectivity index (χ1n) is 6.81. The molecule has 0 aliphatic carbocycles. The molecule has 0 atom stereocenters. The Morgan fingerprint density at radius 3 is 2.62 bits per heavy atom. The fourth-order valence-electron chi connectivity index (χ4n) is 1.98. The number of nitrogens with one attached hydrogen (secondary N) is 1. The minimum Gasteiger partial charge on any atom is -0.456 e. The second-order valence-electron chi connectivity index (χ2n) is 4.73. The van der Waals surface area contributed by atoms with Crippen LogP contribution in [0.15, 0.2) is 36.4 Å². The lowest BCUT2D eigenvalue weighted by Gasteiger charge is -2.11. The molecule has 108 valence electrons. The fourth-order valence-corrected chi connectivity index (χ4v) is 2.21. The molecule has 2 aromatic rings. The Labute approximate surface area is 130 Å². The molecule has 21 heavy (non-hydrogen) atoms. The predicted octanol–water partition coefficient (Wildman–Crippen LogP) is 4.42. The number of aryl methyl sites for hydroxylation is 1. The van der Waals surface area contributed by atoms with Crippen molar-refractivity contribution in [3.8, 4) is 17.6 Å². The van der Waals surface area contributed by atoms with Crippen molar-refractivity contribution in [1.82, 2.24) is 5.32 Å². The van der Waals surface area contributed by atoms with Crippen molar-refractivity contribution in [2.75, 3.05) is 6.54 Å². The van der Waals surface area contributed by atoms with Crippen LogP contribution in [0.3, 0.4) is 0 Å². The van der Waals surface area contributed by atoms with E-state index >= 15 is 0 Å². The molecule has 0 saturated heterocycles. The van der Waals surface area contributed by atoms with Crippen LogP contribution in [-0.2, 0) is 6.54 Å². The molecule has 0 heterocycles. The molecule has 0 aromatic heterocycles. The molecule has 0 amide bonds. The van der Waals surface area contributed by atoms with E-state index in [1.54, 1.807) is 6.07 Å². The van der Waals surface area contributed by atoms with Crippen LogP contribution in [0.25, 0.3) is 0 Å². The first-order chi connectivity index (χ1) is 10.1. The second kappa shape index (κ2) is 7.12. The number of benzene rings is 2. The van der Waals surface area contributed by atoms with Crippen LogP contribution in [0.1, 0.15) is 23.6 Å². The second-order valence-corrected chi connectivity index (χ2v) is 5.17. The molecule has 0 bridgehead atoms. The summed E-state index contributed by atoms with van der Waals surface area (Å²) in [6.07, 6.45) is 0. The third-order valence-electron chi connectivity index (χ3n) is 3.10. The summed E-state index contributed by atoms with van der Waals surface area (Å²) in [7, 11) is 0. The molecule has 0 unspecified atom stereocenters. The van der Waals surface area contributed by atoms with Crippen molar-refractivity contribution < 1.29 is 4.74 Å². The summed E-state index contributed by atoms with van der Waals surface area (Å²) in [5, 5.41) is 13.2. The lowest BCUT2D eigenvalue weighted by molar-refractivity contribution is 0.477. The third-order valence-corrected chi connectivity index (χ3v) is 3.34. The van der Waals surface area contributed by atoms with Crippen LogP contribution in [0.5, 0.6) is 11.5 Å². The Morgan fingerprint density at radius 2 is 1.95 bits per heavy atom. The molecule has 2 aromatic carbocycles. The first kappa shape index (κ1) is 15.4. The van der Waals surface area contributed by atoms with Gasteiger partial charge >= 0.3 is 0 Å². The standard InChI is InChI=1S/C17H17ClN2O/c1-3-20-11-13-4-6-17(14(9-13)10-19)21-16-7-5-15(18)8-12(16)2/h4-9,20H,3,11H2,1-2H3. The van der Waals surface area contributed by atoms with Gasteiger partial charge in [0, 0.05) is 11.6 Å². The normalized spacial score (nSPS) is 10.2. The summed E-state index contributed by atoms with van der Waals surface area (Å²) in [6.45, 7) is 5.61. The molecule has 0 aliphatic rings. The highest BCUT2D eigenvalue weighted by atomic mass is 35.5. The smallest absolute Gasteiger partial charge is 0.145 e. The summed E-state index contributed by atoms with van der Waals surface area (Å²) in [6, 6.07) is 13.3. The van der Waals surface area contributed by atoms with E-state index in [-0.39, 0.29) is 0 Å². The molecule has 0 spiro atoms. The number of hydrogen-bond donors (Lipinski definition) is 1. The highest BCUT2D eigenvalue weighted by Gasteiger charge is 2.08. The summed E-state index contributed by atoms with van der Waals surface area (Å²) in [5.74, 6) is 1.26. The van der Waals surface area contributed by atoms with Gasteiger partial charge in [0.25, 0.3) is 0 Å². The number of halogens is 1. The van der Waals surface area contributed by atoms with Crippen LogP contribution in [0.4, 0.5) is 0 Å². The van der Waals surface area contributed by atoms with E-state index in [4.69, 9.17) is 16.3 Å².